The van der Waals surface area contributed by atoms with E-state index < -0.39 is 24.5 Å². The molecule has 0 aromatic carbocycles. The van der Waals surface area contributed by atoms with Crippen molar-refractivity contribution in [3.8, 4) is 0 Å². The largest absolute Gasteiger partial charge is 0.406 e. The van der Waals surface area contributed by atoms with Crippen molar-refractivity contribution in [3.63, 3.8) is 0 Å². The first kappa shape index (κ1) is 16.1. The fourth-order valence-electron chi connectivity index (χ4n) is 2.95. The van der Waals surface area contributed by atoms with Gasteiger partial charge in [0, 0.05) is 32.1 Å². The van der Waals surface area contributed by atoms with Crippen LogP contribution in [0, 0.1) is 5.92 Å². The molecule has 0 bridgehead atoms. The molecule has 2 saturated heterocycles. The van der Waals surface area contributed by atoms with Crippen LogP contribution in [0.2, 0.25) is 0 Å². The van der Waals surface area contributed by atoms with E-state index in [-0.39, 0.29) is 18.9 Å². The minimum Gasteiger partial charge on any atom is -0.342 e. The number of rotatable bonds is 3. The topological polar surface area (TPSA) is 52.7 Å². The Bertz CT molecular complexity index is 406. The highest BCUT2D eigenvalue weighted by Crippen LogP contribution is 2.26. The highest BCUT2D eigenvalue weighted by Gasteiger charge is 2.41. The lowest BCUT2D eigenvalue weighted by Gasteiger charge is -2.33. The molecule has 2 heterocycles. The van der Waals surface area contributed by atoms with Crippen molar-refractivity contribution < 1.29 is 22.8 Å². The number of nitrogens with zero attached hydrogens (tertiary/aromatic N) is 2. The van der Waals surface area contributed by atoms with Gasteiger partial charge in [0.15, 0.2) is 0 Å². The molecule has 2 aliphatic heterocycles. The van der Waals surface area contributed by atoms with Gasteiger partial charge in [-0.2, -0.15) is 13.2 Å². The van der Waals surface area contributed by atoms with Gasteiger partial charge >= 0.3 is 6.18 Å². The predicted octanol–water partition coefficient (Wildman–Crippen LogP) is 0.608. The number of hydrogen-bond donors (Lipinski definition) is 1. The van der Waals surface area contributed by atoms with E-state index in [1.165, 1.54) is 0 Å². The highest BCUT2D eigenvalue weighted by molar-refractivity contribution is 5.89. The zero-order valence-corrected chi connectivity index (χ0v) is 11.9. The number of halogens is 3. The molecule has 120 valence electrons. The Labute approximate surface area is 121 Å². The molecule has 5 nitrogen and oxygen atoms in total. The van der Waals surface area contributed by atoms with Crippen LogP contribution in [0.4, 0.5) is 13.2 Å². The lowest BCUT2D eigenvalue weighted by molar-refractivity contribution is -0.157. The maximum Gasteiger partial charge on any atom is 0.406 e. The van der Waals surface area contributed by atoms with Crippen LogP contribution >= 0.6 is 0 Å². The third-order valence-corrected chi connectivity index (χ3v) is 4.15. The quantitative estimate of drug-likeness (QED) is 0.831. The van der Waals surface area contributed by atoms with Gasteiger partial charge in [0.05, 0.1) is 5.92 Å². The van der Waals surface area contributed by atoms with Crippen molar-refractivity contribution >= 4 is 11.8 Å². The van der Waals surface area contributed by atoms with Gasteiger partial charge in [0.2, 0.25) is 11.8 Å². The van der Waals surface area contributed by atoms with Crippen molar-refractivity contribution in [3.05, 3.63) is 0 Å². The first-order valence-corrected chi connectivity index (χ1v) is 7.10. The predicted molar refractivity (Wildman–Crippen MR) is 69.4 cm³/mol. The Balaban J connectivity index is 1.88. The number of hydrogen-bond acceptors (Lipinski definition) is 3. The molecule has 21 heavy (non-hydrogen) atoms. The summed E-state index contributed by atoms with van der Waals surface area (Å²) in [6.07, 6.45) is -2.87. The summed E-state index contributed by atoms with van der Waals surface area (Å²) in [5.74, 6) is -1.41. The Morgan fingerprint density at radius 2 is 1.95 bits per heavy atom. The minimum atomic E-state index is -4.42. The lowest BCUT2D eigenvalue weighted by atomic mass is 10.0. The van der Waals surface area contributed by atoms with Gasteiger partial charge in [-0.05, 0) is 19.9 Å². The van der Waals surface area contributed by atoms with E-state index in [1.54, 1.807) is 4.90 Å². The summed E-state index contributed by atoms with van der Waals surface area (Å²) < 4.78 is 37.0. The molecule has 0 spiro atoms. The average molecular weight is 307 g/mol. The maximum absolute atomic E-state index is 12.3. The third-order valence-electron chi connectivity index (χ3n) is 4.15. The van der Waals surface area contributed by atoms with Crippen LogP contribution in [0.5, 0.6) is 0 Å². The van der Waals surface area contributed by atoms with E-state index in [9.17, 15) is 22.8 Å². The van der Waals surface area contributed by atoms with Crippen LogP contribution < -0.4 is 5.32 Å². The molecule has 0 aliphatic carbocycles. The zero-order chi connectivity index (χ0) is 15.6. The molecular weight excluding hydrogens is 287 g/mol. The number of alkyl halides is 3. The number of carbonyl (C=O) groups is 2. The molecule has 2 fully saturated rings. The molecule has 1 atom stereocenters. The van der Waals surface area contributed by atoms with Crippen LogP contribution in [-0.2, 0) is 9.59 Å². The molecule has 1 unspecified atom stereocenters. The van der Waals surface area contributed by atoms with E-state index in [2.05, 4.69) is 5.32 Å². The Kier molecular flexibility index (Phi) is 4.75. The first-order valence-electron chi connectivity index (χ1n) is 7.10. The fourth-order valence-corrected chi connectivity index (χ4v) is 2.95. The number of likely N-dealkylation sites (tertiary alicyclic amines) is 2. The van der Waals surface area contributed by atoms with E-state index in [0.29, 0.717) is 19.1 Å². The SMILES string of the molecule is CNC1CCN(C(=O)C2CC(=O)N(CC(F)(F)F)C2)CC1. The van der Waals surface area contributed by atoms with E-state index >= 15 is 0 Å². The molecule has 8 heteroatoms. The van der Waals surface area contributed by atoms with E-state index in [4.69, 9.17) is 0 Å². The van der Waals surface area contributed by atoms with Gasteiger partial charge in [-0.3, -0.25) is 9.59 Å². The summed E-state index contributed by atoms with van der Waals surface area (Å²) in [6, 6.07) is 0.376. The van der Waals surface area contributed by atoms with Crippen LogP contribution in [0.1, 0.15) is 19.3 Å². The van der Waals surface area contributed by atoms with Gasteiger partial charge < -0.3 is 15.1 Å². The summed E-state index contributed by atoms with van der Waals surface area (Å²) in [5.41, 5.74) is 0. The number of piperidine rings is 1. The van der Waals surface area contributed by atoms with Crippen molar-refractivity contribution in [2.45, 2.75) is 31.5 Å². The molecule has 0 aromatic rings. The first-order chi connectivity index (χ1) is 9.80. The normalized spacial score (nSPS) is 24.8. The Morgan fingerprint density at radius 3 is 2.48 bits per heavy atom. The van der Waals surface area contributed by atoms with Gasteiger partial charge in [-0.25, -0.2) is 0 Å². The third kappa shape index (κ3) is 4.09. The standard InChI is InChI=1S/C13H20F3N3O2/c1-17-10-2-4-18(5-3-10)12(21)9-6-11(20)19(7-9)8-13(14,15)16/h9-10,17H,2-8H2,1H3. The number of carbonyl (C=O) groups excluding carboxylic acids is 2. The number of amides is 2. The van der Waals surface area contributed by atoms with Gasteiger partial charge in [-0.1, -0.05) is 0 Å². The van der Waals surface area contributed by atoms with Crippen LogP contribution in [0.25, 0.3) is 0 Å². The minimum absolute atomic E-state index is 0.110. The Morgan fingerprint density at radius 1 is 1.33 bits per heavy atom. The van der Waals surface area contributed by atoms with Crippen LogP contribution in [-0.4, -0.2) is 67.1 Å². The summed E-state index contributed by atoms with van der Waals surface area (Å²) in [4.78, 5) is 26.3. The summed E-state index contributed by atoms with van der Waals surface area (Å²) in [5, 5.41) is 3.15. The summed E-state index contributed by atoms with van der Waals surface area (Å²) >= 11 is 0. The molecule has 0 aromatic heterocycles. The second-order valence-electron chi connectivity index (χ2n) is 5.68. The van der Waals surface area contributed by atoms with Crippen molar-refractivity contribution in [2.75, 3.05) is 33.2 Å². The molecule has 2 rings (SSSR count). The highest BCUT2D eigenvalue weighted by atomic mass is 19.4. The van der Waals surface area contributed by atoms with Crippen LogP contribution in [0.3, 0.4) is 0 Å². The summed E-state index contributed by atoms with van der Waals surface area (Å²) in [6.45, 7) is -0.205. The van der Waals surface area contributed by atoms with Crippen LogP contribution in [0.15, 0.2) is 0 Å². The smallest absolute Gasteiger partial charge is 0.342 e. The fraction of sp³-hybridized carbons (Fsp3) is 0.846. The molecule has 2 aliphatic rings. The zero-order valence-electron chi connectivity index (χ0n) is 11.9. The Hall–Kier alpha value is -1.31. The van der Waals surface area contributed by atoms with Crippen molar-refractivity contribution in [1.29, 1.82) is 0 Å². The molecule has 2 amide bonds. The van der Waals surface area contributed by atoms with Crippen molar-refractivity contribution in [2.24, 2.45) is 5.92 Å². The average Bonchev–Trinajstić information content (AvgIpc) is 2.77. The summed E-state index contributed by atoms with van der Waals surface area (Å²) in [7, 11) is 1.87. The van der Waals surface area contributed by atoms with Crippen molar-refractivity contribution in [1.82, 2.24) is 15.1 Å². The van der Waals surface area contributed by atoms with E-state index in [0.717, 1.165) is 17.7 Å². The molecular formula is C13H20F3N3O2. The maximum atomic E-state index is 12.3. The second kappa shape index (κ2) is 6.21. The van der Waals surface area contributed by atoms with Gasteiger partial charge in [0.1, 0.15) is 6.54 Å². The molecule has 0 saturated carbocycles. The van der Waals surface area contributed by atoms with Gasteiger partial charge in [0.25, 0.3) is 0 Å². The molecule has 0 radical (unpaired) electrons. The molecule has 1 N–H and O–H groups in total. The lowest BCUT2D eigenvalue weighted by Crippen LogP contribution is -2.46. The number of nitrogens with one attached hydrogen (secondary N) is 1. The monoisotopic (exact) mass is 307 g/mol. The van der Waals surface area contributed by atoms with Gasteiger partial charge in [-0.15, -0.1) is 0 Å². The second-order valence-corrected chi connectivity index (χ2v) is 5.68. The van der Waals surface area contributed by atoms with E-state index in [1.807, 2.05) is 7.05 Å².